The SMILES string of the molecule is [C-]#[N+]c1cccc(-c2nccc3c2C(C)(C)c2ccc4ccccc4c2-3)c1. The van der Waals surface area contributed by atoms with Crippen LogP contribution in [-0.4, -0.2) is 4.98 Å². The molecule has 0 aliphatic heterocycles. The fraction of sp³-hybridized carbons (Fsp3) is 0.120. The van der Waals surface area contributed by atoms with Gasteiger partial charge in [0, 0.05) is 11.6 Å². The van der Waals surface area contributed by atoms with Crippen molar-refractivity contribution in [3.8, 4) is 22.4 Å². The van der Waals surface area contributed by atoms with Gasteiger partial charge in [0.25, 0.3) is 0 Å². The van der Waals surface area contributed by atoms with Crippen LogP contribution in [0, 0.1) is 6.57 Å². The highest BCUT2D eigenvalue weighted by molar-refractivity contribution is 6.03. The summed E-state index contributed by atoms with van der Waals surface area (Å²) in [6, 6.07) is 22.9. The molecular weight excluding hydrogens is 328 g/mol. The summed E-state index contributed by atoms with van der Waals surface area (Å²) in [5.41, 5.74) is 7.64. The lowest BCUT2D eigenvalue weighted by molar-refractivity contribution is 0.660. The van der Waals surface area contributed by atoms with Crippen molar-refractivity contribution in [2.45, 2.75) is 19.3 Å². The first-order chi connectivity index (χ1) is 13.1. The summed E-state index contributed by atoms with van der Waals surface area (Å²) >= 11 is 0. The van der Waals surface area contributed by atoms with Crippen LogP contribution >= 0.6 is 0 Å². The molecule has 0 radical (unpaired) electrons. The molecule has 4 aromatic rings. The van der Waals surface area contributed by atoms with Gasteiger partial charge in [-0.2, -0.15) is 0 Å². The van der Waals surface area contributed by atoms with Gasteiger partial charge < -0.3 is 0 Å². The second-order valence-corrected chi connectivity index (χ2v) is 7.58. The first kappa shape index (κ1) is 15.8. The maximum Gasteiger partial charge on any atom is 0.187 e. The number of aromatic nitrogens is 1. The van der Waals surface area contributed by atoms with Crippen molar-refractivity contribution in [2.24, 2.45) is 0 Å². The molecule has 0 saturated carbocycles. The Bertz CT molecular complexity index is 1260. The lowest BCUT2D eigenvalue weighted by Crippen LogP contribution is -2.16. The number of hydrogen-bond acceptors (Lipinski definition) is 1. The van der Waals surface area contributed by atoms with E-state index in [1.54, 1.807) is 0 Å². The van der Waals surface area contributed by atoms with E-state index in [1.165, 1.54) is 33.0 Å². The highest BCUT2D eigenvalue weighted by Gasteiger charge is 2.39. The monoisotopic (exact) mass is 346 g/mol. The molecule has 128 valence electrons. The molecule has 0 atom stereocenters. The van der Waals surface area contributed by atoms with Crippen LogP contribution in [0.3, 0.4) is 0 Å². The lowest BCUT2D eigenvalue weighted by atomic mass is 9.80. The molecule has 0 bridgehead atoms. The van der Waals surface area contributed by atoms with Gasteiger partial charge in [0.2, 0.25) is 0 Å². The summed E-state index contributed by atoms with van der Waals surface area (Å²) in [5.74, 6) is 0. The molecular formula is C25H18N2. The Labute approximate surface area is 159 Å². The molecule has 2 heteroatoms. The zero-order chi connectivity index (χ0) is 18.6. The van der Waals surface area contributed by atoms with Gasteiger partial charge in [-0.3, -0.25) is 4.98 Å². The van der Waals surface area contributed by atoms with Gasteiger partial charge in [-0.05, 0) is 50.7 Å². The molecule has 1 heterocycles. The predicted molar refractivity (Wildman–Crippen MR) is 111 cm³/mol. The van der Waals surface area contributed by atoms with Gasteiger partial charge in [-0.15, -0.1) is 0 Å². The van der Waals surface area contributed by atoms with Crippen LogP contribution in [0.1, 0.15) is 25.0 Å². The first-order valence-corrected chi connectivity index (χ1v) is 9.11. The molecule has 27 heavy (non-hydrogen) atoms. The average Bonchev–Trinajstić information content (AvgIpc) is 2.96. The third-order valence-electron chi connectivity index (χ3n) is 5.70. The number of fused-ring (bicyclic) bond motifs is 5. The normalized spacial score (nSPS) is 13.8. The molecule has 0 N–H and O–H groups in total. The Balaban J connectivity index is 1.87. The number of rotatable bonds is 1. The summed E-state index contributed by atoms with van der Waals surface area (Å²) in [6.45, 7) is 11.9. The van der Waals surface area contributed by atoms with Crippen molar-refractivity contribution >= 4 is 16.5 Å². The maximum absolute atomic E-state index is 7.33. The van der Waals surface area contributed by atoms with Crippen LogP contribution in [0.5, 0.6) is 0 Å². The van der Waals surface area contributed by atoms with E-state index in [1.807, 2.05) is 24.4 Å². The topological polar surface area (TPSA) is 17.2 Å². The highest BCUT2D eigenvalue weighted by Crippen LogP contribution is 2.53. The van der Waals surface area contributed by atoms with E-state index in [2.05, 4.69) is 67.2 Å². The van der Waals surface area contributed by atoms with Crippen molar-refractivity contribution in [1.29, 1.82) is 0 Å². The van der Waals surface area contributed by atoms with Crippen LogP contribution < -0.4 is 0 Å². The Morgan fingerprint density at radius 3 is 2.63 bits per heavy atom. The van der Waals surface area contributed by atoms with Crippen molar-refractivity contribution in [3.05, 3.63) is 95.5 Å². The Morgan fingerprint density at radius 1 is 0.926 bits per heavy atom. The highest BCUT2D eigenvalue weighted by atomic mass is 14.7. The number of nitrogens with zero attached hydrogens (tertiary/aromatic N) is 2. The lowest BCUT2D eigenvalue weighted by Gasteiger charge is -2.24. The maximum atomic E-state index is 7.33. The molecule has 1 aromatic heterocycles. The molecule has 0 unspecified atom stereocenters. The largest absolute Gasteiger partial charge is 0.256 e. The second-order valence-electron chi connectivity index (χ2n) is 7.58. The molecule has 0 amide bonds. The van der Waals surface area contributed by atoms with E-state index in [-0.39, 0.29) is 5.41 Å². The second kappa shape index (κ2) is 5.53. The molecule has 0 fully saturated rings. The minimum Gasteiger partial charge on any atom is -0.256 e. The van der Waals surface area contributed by atoms with Crippen LogP contribution in [0.15, 0.2) is 72.9 Å². The molecule has 3 aromatic carbocycles. The van der Waals surface area contributed by atoms with E-state index in [0.29, 0.717) is 5.69 Å². The predicted octanol–water partition coefficient (Wildman–Crippen LogP) is 6.76. The zero-order valence-electron chi connectivity index (χ0n) is 15.3. The number of hydrogen-bond donors (Lipinski definition) is 0. The van der Waals surface area contributed by atoms with E-state index in [9.17, 15) is 0 Å². The number of pyridine rings is 1. The molecule has 5 rings (SSSR count). The Hall–Kier alpha value is -3.44. The van der Waals surface area contributed by atoms with Gasteiger partial charge in [-0.1, -0.05) is 68.4 Å². The van der Waals surface area contributed by atoms with E-state index < -0.39 is 0 Å². The standard InChI is InChI=1S/C25H18N2/c1-25(2)21-12-11-16-7-4-5-10-19(16)22(21)20-13-14-27-24(23(20)25)17-8-6-9-18(15-17)26-3/h4-15H,1-2H3. The van der Waals surface area contributed by atoms with Crippen molar-refractivity contribution in [2.75, 3.05) is 0 Å². The molecule has 0 spiro atoms. The van der Waals surface area contributed by atoms with E-state index in [4.69, 9.17) is 11.6 Å². The van der Waals surface area contributed by atoms with Crippen molar-refractivity contribution in [3.63, 3.8) is 0 Å². The van der Waals surface area contributed by atoms with Crippen LogP contribution in [-0.2, 0) is 5.41 Å². The van der Waals surface area contributed by atoms with Crippen LogP contribution in [0.4, 0.5) is 5.69 Å². The summed E-state index contributed by atoms with van der Waals surface area (Å²) in [6.07, 6.45) is 1.89. The summed E-state index contributed by atoms with van der Waals surface area (Å²) in [5, 5.41) is 2.54. The fourth-order valence-electron chi connectivity index (χ4n) is 4.46. The summed E-state index contributed by atoms with van der Waals surface area (Å²) in [7, 11) is 0. The fourth-order valence-corrected chi connectivity index (χ4v) is 4.46. The summed E-state index contributed by atoms with van der Waals surface area (Å²) in [4.78, 5) is 8.34. The van der Waals surface area contributed by atoms with Gasteiger partial charge in [-0.25, -0.2) is 4.85 Å². The number of benzene rings is 3. The quantitative estimate of drug-likeness (QED) is 0.348. The third kappa shape index (κ3) is 2.15. The van der Waals surface area contributed by atoms with Crippen molar-refractivity contribution in [1.82, 2.24) is 4.98 Å². The van der Waals surface area contributed by atoms with E-state index in [0.717, 1.165) is 11.3 Å². The van der Waals surface area contributed by atoms with Gasteiger partial charge in [0.1, 0.15) is 0 Å². The summed E-state index contributed by atoms with van der Waals surface area (Å²) < 4.78 is 0. The van der Waals surface area contributed by atoms with E-state index >= 15 is 0 Å². The molecule has 2 nitrogen and oxygen atoms in total. The smallest absolute Gasteiger partial charge is 0.187 e. The van der Waals surface area contributed by atoms with Gasteiger partial charge >= 0.3 is 0 Å². The van der Waals surface area contributed by atoms with Gasteiger partial charge in [0.15, 0.2) is 5.69 Å². The first-order valence-electron chi connectivity index (χ1n) is 9.11. The average molecular weight is 346 g/mol. The Morgan fingerprint density at radius 2 is 1.78 bits per heavy atom. The van der Waals surface area contributed by atoms with Gasteiger partial charge in [0.05, 0.1) is 12.3 Å². The van der Waals surface area contributed by atoms with Crippen LogP contribution in [0.25, 0.3) is 38.0 Å². The Kier molecular flexibility index (Phi) is 3.23. The van der Waals surface area contributed by atoms with Crippen molar-refractivity contribution < 1.29 is 0 Å². The molecule has 0 saturated heterocycles. The molecule has 1 aliphatic carbocycles. The minimum absolute atomic E-state index is 0.146. The zero-order valence-corrected chi connectivity index (χ0v) is 15.3. The van der Waals surface area contributed by atoms with Crippen LogP contribution in [0.2, 0.25) is 0 Å². The molecule has 1 aliphatic rings. The minimum atomic E-state index is -0.146. The third-order valence-corrected chi connectivity index (χ3v) is 5.70.